The van der Waals surface area contributed by atoms with Crippen molar-refractivity contribution < 1.29 is 13.9 Å². The van der Waals surface area contributed by atoms with E-state index in [1.165, 1.54) is 54.1 Å². The van der Waals surface area contributed by atoms with Gasteiger partial charge in [0.2, 0.25) is 0 Å². The minimum Gasteiger partial charge on any atom is -0.484 e. The number of nitrogens with one attached hydrogen (secondary N) is 1. The summed E-state index contributed by atoms with van der Waals surface area (Å²) in [5.41, 5.74) is 3.90. The van der Waals surface area contributed by atoms with Crippen molar-refractivity contribution in [3.8, 4) is 5.75 Å². The summed E-state index contributed by atoms with van der Waals surface area (Å²) >= 11 is 0. The average Bonchev–Trinajstić information content (AvgIpc) is 3.34. The Labute approximate surface area is 141 Å². The van der Waals surface area contributed by atoms with E-state index in [4.69, 9.17) is 4.74 Å². The van der Waals surface area contributed by atoms with E-state index < -0.39 is 0 Å². The van der Waals surface area contributed by atoms with Gasteiger partial charge in [-0.05, 0) is 69.0 Å². The van der Waals surface area contributed by atoms with Gasteiger partial charge in [0.25, 0.3) is 5.91 Å². The van der Waals surface area contributed by atoms with Gasteiger partial charge in [0.1, 0.15) is 11.6 Å². The first-order chi connectivity index (χ1) is 11.5. The number of ether oxygens (including phenoxy) is 1. The normalized spacial score (nSPS) is 13.8. The molecule has 0 spiro atoms. The van der Waals surface area contributed by atoms with Crippen LogP contribution in [0.15, 0.2) is 30.3 Å². The van der Waals surface area contributed by atoms with Crippen LogP contribution in [0.4, 0.5) is 4.39 Å². The van der Waals surface area contributed by atoms with Gasteiger partial charge >= 0.3 is 0 Å². The molecule has 1 saturated carbocycles. The Morgan fingerprint density at radius 3 is 2.67 bits per heavy atom. The van der Waals surface area contributed by atoms with Crippen LogP contribution in [0.2, 0.25) is 0 Å². The van der Waals surface area contributed by atoms with Gasteiger partial charge in [0.05, 0.1) is 0 Å². The molecule has 24 heavy (non-hydrogen) atoms. The molecular weight excluding hydrogens is 307 g/mol. The van der Waals surface area contributed by atoms with Gasteiger partial charge in [-0.3, -0.25) is 4.79 Å². The number of hydrogen-bond acceptors (Lipinski definition) is 2. The first-order valence-corrected chi connectivity index (χ1v) is 8.37. The predicted octanol–water partition coefficient (Wildman–Crippen LogP) is 3.32. The van der Waals surface area contributed by atoms with Crippen LogP contribution in [0.3, 0.4) is 0 Å². The third kappa shape index (κ3) is 3.96. The van der Waals surface area contributed by atoms with Crippen LogP contribution in [0.1, 0.15) is 35.8 Å². The number of aromatic nitrogens is 1. The van der Waals surface area contributed by atoms with Crippen molar-refractivity contribution in [3.05, 3.63) is 53.1 Å². The summed E-state index contributed by atoms with van der Waals surface area (Å²) < 4.78 is 20.5. The van der Waals surface area contributed by atoms with Gasteiger partial charge in [-0.15, -0.1) is 0 Å². The molecule has 1 fully saturated rings. The zero-order valence-corrected chi connectivity index (χ0v) is 14.1. The maximum absolute atomic E-state index is 12.8. The lowest BCUT2D eigenvalue weighted by Gasteiger charge is -2.09. The Morgan fingerprint density at radius 2 is 2.00 bits per heavy atom. The Morgan fingerprint density at radius 1 is 1.29 bits per heavy atom. The molecule has 0 radical (unpaired) electrons. The van der Waals surface area contributed by atoms with Crippen LogP contribution in [0, 0.1) is 19.7 Å². The van der Waals surface area contributed by atoms with Crippen molar-refractivity contribution in [1.82, 2.24) is 9.88 Å². The molecule has 0 bridgehead atoms. The zero-order chi connectivity index (χ0) is 17.1. The molecular formula is C19H23FN2O2. The van der Waals surface area contributed by atoms with E-state index in [1.54, 1.807) is 0 Å². The Bertz CT molecular complexity index is 718. The average molecular weight is 330 g/mol. The molecule has 0 saturated heterocycles. The molecule has 1 aromatic carbocycles. The molecule has 1 aliphatic rings. The van der Waals surface area contributed by atoms with E-state index in [2.05, 4.69) is 29.8 Å². The predicted molar refractivity (Wildman–Crippen MR) is 90.8 cm³/mol. The number of rotatable bonds is 7. The van der Waals surface area contributed by atoms with Gasteiger partial charge in [-0.1, -0.05) is 0 Å². The summed E-state index contributed by atoms with van der Waals surface area (Å²) in [7, 11) is 0. The second-order valence-corrected chi connectivity index (χ2v) is 6.34. The molecule has 1 amide bonds. The highest BCUT2D eigenvalue weighted by Gasteiger charge is 2.26. The highest BCUT2D eigenvalue weighted by molar-refractivity contribution is 5.77. The summed E-state index contributed by atoms with van der Waals surface area (Å²) in [6, 6.07) is 8.53. The number of benzene rings is 1. The van der Waals surface area contributed by atoms with Gasteiger partial charge < -0.3 is 14.6 Å². The van der Waals surface area contributed by atoms with Crippen molar-refractivity contribution >= 4 is 5.91 Å². The molecule has 128 valence electrons. The molecule has 0 aliphatic heterocycles. The second-order valence-electron chi connectivity index (χ2n) is 6.34. The maximum Gasteiger partial charge on any atom is 0.257 e. The number of nitrogens with zero attached hydrogens (tertiary/aromatic N) is 1. The first-order valence-electron chi connectivity index (χ1n) is 8.37. The second kappa shape index (κ2) is 7.07. The first kappa shape index (κ1) is 16.6. The lowest BCUT2D eigenvalue weighted by Crippen LogP contribution is -2.30. The van der Waals surface area contributed by atoms with Crippen LogP contribution < -0.4 is 10.1 Å². The number of carbonyl (C=O) groups is 1. The number of amides is 1. The zero-order valence-electron chi connectivity index (χ0n) is 14.1. The molecule has 1 aromatic heterocycles. The summed E-state index contributed by atoms with van der Waals surface area (Å²) in [6.45, 7) is 4.82. The quantitative estimate of drug-likeness (QED) is 0.846. The summed E-state index contributed by atoms with van der Waals surface area (Å²) in [4.78, 5) is 11.8. The van der Waals surface area contributed by atoms with Crippen molar-refractivity contribution in [2.45, 2.75) is 39.2 Å². The Kier molecular flexibility index (Phi) is 4.88. The smallest absolute Gasteiger partial charge is 0.257 e. The molecule has 3 rings (SSSR count). The minimum absolute atomic E-state index is 0.0628. The largest absolute Gasteiger partial charge is 0.484 e. The Balaban J connectivity index is 1.43. The molecule has 5 heteroatoms. The van der Waals surface area contributed by atoms with Crippen molar-refractivity contribution in [2.24, 2.45) is 0 Å². The topological polar surface area (TPSA) is 43.3 Å². The number of carbonyl (C=O) groups excluding carboxylic acids is 1. The van der Waals surface area contributed by atoms with E-state index in [1.807, 2.05) is 0 Å². The number of halogens is 1. The van der Waals surface area contributed by atoms with Crippen molar-refractivity contribution in [1.29, 1.82) is 0 Å². The molecule has 4 nitrogen and oxygen atoms in total. The van der Waals surface area contributed by atoms with Crippen LogP contribution in [0.25, 0.3) is 0 Å². The van der Waals surface area contributed by atoms with Crippen LogP contribution >= 0.6 is 0 Å². The van der Waals surface area contributed by atoms with Crippen molar-refractivity contribution in [2.75, 3.05) is 13.2 Å². The SMILES string of the molecule is Cc1cc(CCNC(=O)COc2ccc(F)cc2)c(C)n1C1CC1. The van der Waals surface area contributed by atoms with E-state index in [0.717, 1.165) is 6.42 Å². The molecule has 0 atom stereocenters. The molecule has 0 unspecified atom stereocenters. The summed E-state index contributed by atoms with van der Waals surface area (Å²) in [5, 5.41) is 2.87. The van der Waals surface area contributed by atoms with E-state index >= 15 is 0 Å². The Hall–Kier alpha value is -2.30. The number of hydrogen-bond donors (Lipinski definition) is 1. The van der Waals surface area contributed by atoms with Crippen LogP contribution in [-0.4, -0.2) is 23.6 Å². The van der Waals surface area contributed by atoms with E-state index in [-0.39, 0.29) is 18.3 Å². The van der Waals surface area contributed by atoms with Crippen LogP contribution in [-0.2, 0) is 11.2 Å². The third-order valence-electron chi connectivity index (χ3n) is 4.40. The maximum atomic E-state index is 12.8. The molecule has 1 N–H and O–H groups in total. The summed E-state index contributed by atoms with van der Waals surface area (Å²) in [6.07, 6.45) is 3.36. The molecule has 1 heterocycles. The van der Waals surface area contributed by atoms with Crippen LogP contribution in [0.5, 0.6) is 5.75 Å². The summed E-state index contributed by atoms with van der Waals surface area (Å²) in [5.74, 6) is -0.00884. The van der Waals surface area contributed by atoms with Gasteiger partial charge in [0, 0.05) is 24.0 Å². The van der Waals surface area contributed by atoms with E-state index in [0.29, 0.717) is 18.3 Å². The standard InChI is InChI=1S/C19H23FN2O2/c1-13-11-15(14(2)22(13)17-5-6-17)9-10-21-19(23)12-24-18-7-3-16(20)4-8-18/h3-4,7-8,11,17H,5-6,9-10,12H2,1-2H3,(H,21,23). The fourth-order valence-corrected chi connectivity index (χ4v) is 3.06. The molecule has 2 aromatic rings. The van der Waals surface area contributed by atoms with Gasteiger partial charge in [-0.25, -0.2) is 4.39 Å². The third-order valence-corrected chi connectivity index (χ3v) is 4.40. The monoisotopic (exact) mass is 330 g/mol. The van der Waals surface area contributed by atoms with E-state index in [9.17, 15) is 9.18 Å². The minimum atomic E-state index is -0.324. The highest BCUT2D eigenvalue weighted by atomic mass is 19.1. The van der Waals surface area contributed by atoms with Gasteiger partial charge in [-0.2, -0.15) is 0 Å². The highest BCUT2D eigenvalue weighted by Crippen LogP contribution is 2.38. The molecule has 1 aliphatic carbocycles. The lowest BCUT2D eigenvalue weighted by molar-refractivity contribution is -0.123. The lowest BCUT2D eigenvalue weighted by atomic mass is 10.2. The fraction of sp³-hybridized carbons (Fsp3) is 0.421. The fourth-order valence-electron chi connectivity index (χ4n) is 3.06. The number of aryl methyl sites for hydroxylation is 1. The van der Waals surface area contributed by atoms with Gasteiger partial charge in [0.15, 0.2) is 6.61 Å². The van der Waals surface area contributed by atoms with Crippen molar-refractivity contribution in [3.63, 3.8) is 0 Å².